The Kier molecular flexibility index (Phi) is 6.02. The summed E-state index contributed by atoms with van der Waals surface area (Å²) in [4.78, 5) is 23.4. The van der Waals surface area contributed by atoms with Gasteiger partial charge in [0, 0.05) is 5.54 Å². The van der Waals surface area contributed by atoms with Crippen molar-refractivity contribution in [3.63, 3.8) is 0 Å². The molecule has 0 heterocycles. The van der Waals surface area contributed by atoms with E-state index in [1.165, 1.54) is 0 Å². The Labute approximate surface area is 125 Å². The number of anilines is 1. The molecule has 0 atom stereocenters. The van der Waals surface area contributed by atoms with Gasteiger partial charge in [-0.15, -0.1) is 0 Å². The minimum absolute atomic E-state index is 0.0834. The number of nitrogens with one attached hydrogen (secondary N) is 3. The van der Waals surface area contributed by atoms with Gasteiger partial charge in [-0.1, -0.05) is 12.1 Å². The third-order valence-electron chi connectivity index (χ3n) is 2.36. The molecule has 0 aromatic heterocycles. The molecule has 0 aliphatic heterocycles. The standard InChI is InChI=1S/C15H23N3O3/c1-5-21-12-9-7-6-8-11(12)17-14(20)16-10-13(19)18-15(2,3)4/h6-9H,5,10H2,1-4H3,(H,18,19)(H2,16,17,20). The lowest BCUT2D eigenvalue weighted by Crippen LogP contribution is -2.46. The molecule has 0 aliphatic carbocycles. The molecule has 3 N–H and O–H groups in total. The molecular weight excluding hydrogens is 270 g/mol. The van der Waals surface area contributed by atoms with Crippen LogP contribution in [0.15, 0.2) is 24.3 Å². The van der Waals surface area contributed by atoms with Gasteiger partial charge in [-0.05, 0) is 39.8 Å². The fourth-order valence-electron chi connectivity index (χ4n) is 1.64. The number of carbonyl (C=O) groups excluding carboxylic acids is 2. The first-order chi connectivity index (χ1) is 9.81. The van der Waals surface area contributed by atoms with E-state index in [0.717, 1.165) is 0 Å². The molecule has 6 nitrogen and oxygen atoms in total. The summed E-state index contributed by atoms with van der Waals surface area (Å²) in [5.74, 6) is 0.352. The molecule has 21 heavy (non-hydrogen) atoms. The van der Waals surface area contributed by atoms with Crippen LogP contribution >= 0.6 is 0 Å². The van der Waals surface area contributed by atoms with Gasteiger partial charge in [0.1, 0.15) is 5.75 Å². The second-order valence-corrected chi connectivity index (χ2v) is 5.54. The molecule has 0 saturated carbocycles. The summed E-state index contributed by atoms with van der Waals surface area (Å²) in [5, 5.41) is 7.93. The van der Waals surface area contributed by atoms with Crippen LogP contribution in [0, 0.1) is 0 Å². The molecule has 0 fully saturated rings. The second-order valence-electron chi connectivity index (χ2n) is 5.54. The Hall–Kier alpha value is -2.24. The largest absolute Gasteiger partial charge is 0.492 e. The Morgan fingerprint density at radius 3 is 2.48 bits per heavy atom. The van der Waals surface area contributed by atoms with E-state index < -0.39 is 6.03 Å². The van der Waals surface area contributed by atoms with Crippen molar-refractivity contribution in [3.8, 4) is 5.75 Å². The summed E-state index contributed by atoms with van der Waals surface area (Å²) in [6.07, 6.45) is 0. The molecule has 0 unspecified atom stereocenters. The normalized spacial score (nSPS) is 10.7. The van der Waals surface area contributed by atoms with E-state index in [-0.39, 0.29) is 18.0 Å². The molecule has 1 aromatic rings. The molecule has 6 heteroatoms. The highest BCUT2D eigenvalue weighted by molar-refractivity contribution is 5.93. The quantitative estimate of drug-likeness (QED) is 0.778. The fraction of sp³-hybridized carbons (Fsp3) is 0.467. The first-order valence-electron chi connectivity index (χ1n) is 6.89. The molecule has 0 radical (unpaired) electrons. The maximum atomic E-state index is 11.8. The van der Waals surface area contributed by atoms with Crippen molar-refractivity contribution in [2.45, 2.75) is 33.2 Å². The Bertz CT molecular complexity index is 495. The number of ether oxygens (including phenoxy) is 1. The average Bonchev–Trinajstić information content (AvgIpc) is 2.37. The van der Waals surface area contributed by atoms with Crippen molar-refractivity contribution in [1.82, 2.24) is 10.6 Å². The van der Waals surface area contributed by atoms with Crippen LogP contribution in [0.4, 0.5) is 10.5 Å². The minimum atomic E-state index is -0.453. The first-order valence-corrected chi connectivity index (χ1v) is 6.89. The maximum absolute atomic E-state index is 11.8. The first kappa shape index (κ1) is 16.8. The highest BCUT2D eigenvalue weighted by Gasteiger charge is 2.14. The van der Waals surface area contributed by atoms with Gasteiger partial charge in [0.15, 0.2) is 0 Å². The van der Waals surface area contributed by atoms with E-state index in [9.17, 15) is 9.59 Å². The summed E-state index contributed by atoms with van der Waals surface area (Å²) in [6, 6.07) is 6.67. The van der Waals surface area contributed by atoms with Gasteiger partial charge in [-0.2, -0.15) is 0 Å². The Balaban J connectivity index is 2.49. The van der Waals surface area contributed by atoms with Crippen LogP contribution in [0.1, 0.15) is 27.7 Å². The average molecular weight is 293 g/mol. The predicted molar refractivity (Wildman–Crippen MR) is 82.5 cm³/mol. The smallest absolute Gasteiger partial charge is 0.319 e. The summed E-state index contributed by atoms with van der Waals surface area (Å²) < 4.78 is 5.41. The summed E-state index contributed by atoms with van der Waals surface area (Å²) in [7, 11) is 0. The van der Waals surface area contributed by atoms with E-state index in [2.05, 4.69) is 16.0 Å². The molecule has 3 amide bonds. The highest BCUT2D eigenvalue weighted by Crippen LogP contribution is 2.23. The van der Waals surface area contributed by atoms with Crippen LogP contribution in [0.25, 0.3) is 0 Å². The Morgan fingerprint density at radius 2 is 1.86 bits per heavy atom. The molecule has 0 bridgehead atoms. The Morgan fingerprint density at radius 1 is 1.19 bits per heavy atom. The zero-order valence-electron chi connectivity index (χ0n) is 12.9. The van der Waals surface area contributed by atoms with E-state index in [4.69, 9.17) is 4.74 Å². The van der Waals surface area contributed by atoms with Crippen LogP contribution < -0.4 is 20.7 Å². The van der Waals surface area contributed by atoms with Gasteiger partial charge < -0.3 is 20.7 Å². The number of hydrogen-bond donors (Lipinski definition) is 3. The van der Waals surface area contributed by atoms with E-state index in [1.54, 1.807) is 18.2 Å². The van der Waals surface area contributed by atoms with Crippen molar-refractivity contribution >= 4 is 17.6 Å². The second kappa shape index (κ2) is 7.52. The van der Waals surface area contributed by atoms with Gasteiger partial charge in [-0.25, -0.2) is 4.79 Å². The van der Waals surface area contributed by atoms with E-state index in [1.807, 2.05) is 33.8 Å². The molecular formula is C15H23N3O3. The van der Waals surface area contributed by atoms with Crippen molar-refractivity contribution in [1.29, 1.82) is 0 Å². The molecule has 0 aliphatic rings. The lowest BCUT2D eigenvalue weighted by molar-refractivity contribution is -0.121. The molecule has 0 saturated heterocycles. The topological polar surface area (TPSA) is 79.5 Å². The van der Waals surface area contributed by atoms with Crippen LogP contribution in [0.3, 0.4) is 0 Å². The maximum Gasteiger partial charge on any atom is 0.319 e. The van der Waals surface area contributed by atoms with Crippen molar-refractivity contribution < 1.29 is 14.3 Å². The van der Waals surface area contributed by atoms with E-state index >= 15 is 0 Å². The predicted octanol–water partition coefficient (Wildman–Crippen LogP) is 2.12. The molecule has 0 spiro atoms. The van der Waals surface area contributed by atoms with Crippen molar-refractivity contribution in [2.24, 2.45) is 0 Å². The highest BCUT2D eigenvalue weighted by atomic mass is 16.5. The SMILES string of the molecule is CCOc1ccccc1NC(=O)NCC(=O)NC(C)(C)C. The van der Waals surface area contributed by atoms with Gasteiger partial charge in [0.2, 0.25) is 5.91 Å². The van der Waals surface area contributed by atoms with Crippen LogP contribution in [0.5, 0.6) is 5.75 Å². The van der Waals surface area contributed by atoms with Gasteiger partial charge in [0.05, 0.1) is 18.8 Å². The van der Waals surface area contributed by atoms with Crippen molar-refractivity contribution in [3.05, 3.63) is 24.3 Å². The summed E-state index contributed by atoms with van der Waals surface area (Å²) >= 11 is 0. The monoisotopic (exact) mass is 293 g/mol. The third-order valence-corrected chi connectivity index (χ3v) is 2.36. The number of amides is 3. The zero-order chi connectivity index (χ0) is 15.9. The lowest BCUT2D eigenvalue weighted by atomic mass is 10.1. The number of para-hydroxylation sites is 2. The van der Waals surface area contributed by atoms with Crippen molar-refractivity contribution in [2.75, 3.05) is 18.5 Å². The van der Waals surface area contributed by atoms with E-state index in [0.29, 0.717) is 18.0 Å². The van der Waals surface area contributed by atoms with Gasteiger partial charge in [-0.3, -0.25) is 4.79 Å². The van der Waals surface area contributed by atoms with Crippen LogP contribution in [-0.4, -0.2) is 30.6 Å². The number of rotatable bonds is 5. The van der Waals surface area contributed by atoms with Gasteiger partial charge >= 0.3 is 6.03 Å². The van der Waals surface area contributed by atoms with Crippen LogP contribution in [-0.2, 0) is 4.79 Å². The molecule has 1 rings (SSSR count). The zero-order valence-corrected chi connectivity index (χ0v) is 12.9. The lowest BCUT2D eigenvalue weighted by Gasteiger charge is -2.20. The summed E-state index contributed by atoms with van der Waals surface area (Å²) in [5.41, 5.74) is 0.240. The number of benzene rings is 1. The number of hydrogen-bond acceptors (Lipinski definition) is 3. The molecule has 1 aromatic carbocycles. The number of urea groups is 1. The fourth-order valence-corrected chi connectivity index (χ4v) is 1.64. The van der Waals surface area contributed by atoms with Gasteiger partial charge in [0.25, 0.3) is 0 Å². The minimum Gasteiger partial charge on any atom is -0.492 e. The third kappa shape index (κ3) is 6.65. The number of carbonyl (C=O) groups is 2. The molecule has 116 valence electrons. The summed E-state index contributed by atoms with van der Waals surface area (Å²) in [6.45, 7) is 7.93. The van der Waals surface area contributed by atoms with Crippen LogP contribution in [0.2, 0.25) is 0 Å².